The molecule has 1 aromatic carbocycles. The van der Waals surface area contributed by atoms with Gasteiger partial charge in [0.1, 0.15) is 0 Å². The summed E-state index contributed by atoms with van der Waals surface area (Å²) in [4.78, 5) is 14.1. The predicted molar refractivity (Wildman–Crippen MR) is 74.9 cm³/mol. The number of likely N-dealkylation sites (tertiary alicyclic amines) is 1. The second-order valence-corrected chi connectivity index (χ2v) is 6.44. The molecular weight excluding hydrogens is 349 g/mol. The molecule has 2 heterocycles. The number of carbonyl (C=O) groups is 1. The highest BCUT2D eigenvalue weighted by Crippen LogP contribution is 2.36. The fourth-order valence-corrected chi connectivity index (χ4v) is 3.55. The number of rotatable bonds is 1. The zero-order valence-electron chi connectivity index (χ0n) is 11.1. The molecule has 0 bridgehead atoms. The van der Waals surface area contributed by atoms with Crippen molar-refractivity contribution in [1.82, 2.24) is 10.2 Å². The molecule has 0 radical (unpaired) electrons. The molecular formula is C14H14BrF3N2O. The Morgan fingerprint density at radius 2 is 1.86 bits per heavy atom. The summed E-state index contributed by atoms with van der Waals surface area (Å²) < 4.78 is 38.6. The van der Waals surface area contributed by atoms with Gasteiger partial charge in [0.2, 0.25) is 0 Å². The van der Waals surface area contributed by atoms with Crippen molar-refractivity contribution in [3.63, 3.8) is 0 Å². The molecule has 2 fully saturated rings. The number of hydrogen-bond donors (Lipinski definition) is 1. The Morgan fingerprint density at radius 1 is 1.24 bits per heavy atom. The van der Waals surface area contributed by atoms with Crippen LogP contribution in [0.15, 0.2) is 22.7 Å². The average molecular weight is 363 g/mol. The number of nitrogens with zero attached hydrogens (tertiary/aromatic N) is 1. The number of halogens is 4. The van der Waals surface area contributed by atoms with Crippen molar-refractivity contribution in [2.45, 2.75) is 6.18 Å². The third-order valence-electron chi connectivity index (χ3n) is 4.20. The van der Waals surface area contributed by atoms with Crippen LogP contribution in [0.3, 0.4) is 0 Å². The summed E-state index contributed by atoms with van der Waals surface area (Å²) in [6.45, 7) is 2.99. The van der Waals surface area contributed by atoms with Gasteiger partial charge in [-0.3, -0.25) is 4.79 Å². The largest absolute Gasteiger partial charge is 0.417 e. The van der Waals surface area contributed by atoms with Gasteiger partial charge in [0.25, 0.3) is 5.91 Å². The van der Waals surface area contributed by atoms with E-state index in [0.29, 0.717) is 24.9 Å². The Kier molecular flexibility index (Phi) is 3.73. The molecule has 0 unspecified atom stereocenters. The van der Waals surface area contributed by atoms with Crippen molar-refractivity contribution in [3.05, 3.63) is 33.8 Å². The first kappa shape index (κ1) is 14.8. The van der Waals surface area contributed by atoms with Crippen LogP contribution in [0.2, 0.25) is 0 Å². The number of carbonyl (C=O) groups excluding carboxylic acids is 1. The molecule has 0 saturated carbocycles. The summed E-state index contributed by atoms with van der Waals surface area (Å²) in [5.74, 6) is 0.528. The topological polar surface area (TPSA) is 32.3 Å². The lowest BCUT2D eigenvalue weighted by molar-refractivity contribution is -0.138. The third-order valence-corrected chi connectivity index (χ3v) is 4.89. The molecule has 114 valence electrons. The number of amides is 1. The highest BCUT2D eigenvalue weighted by Gasteiger charge is 2.39. The highest BCUT2D eigenvalue weighted by atomic mass is 79.9. The fraction of sp³-hybridized carbons (Fsp3) is 0.500. The van der Waals surface area contributed by atoms with Gasteiger partial charge in [-0.15, -0.1) is 0 Å². The molecule has 1 N–H and O–H groups in total. The van der Waals surface area contributed by atoms with E-state index in [2.05, 4.69) is 21.2 Å². The summed E-state index contributed by atoms with van der Waals surface area (Å²) in [6.07, 6.45) is -4.47. The molecule has 21 heavy (non-hydrogen) atoms. The molecule has 1 amide bonds. The van der Waals surface area contributed by atoms with Gasteiger partial charge in [-0.2, -0.15) is 13.2 Å². The lowest BCUT2D eigenvalue weighted by Crippen LogP contribution is -2.32. The van der Waals surface area contributed by atoms with Crippen LogP contribution in [0.25, 0.3) is 0 Å². The number of nitrogens with one attached hydrogen (secondary N) is 1. The molecule has 2 aliphatic heterocycles. The van der Waals surface area contributed by atoms with Crippen molar-refractivity contribution in [3.8, 4) is 0 Å². The van der Waals surface area contributed by atoms with E-state index in [1.165, 1.54) is 12.1 Å². The van der Waals surface area contributed by atoms with E-state index in [-0.39, 0.29) is 15.9 Å². The van der Waals surface area contributed by atoms with E-state index in [0.717, 1.165) is 19.2 Å². The van der Waals surface area contributed by atoms with Crippen LogP contribution < -0.4 is 5.32 Å². The van der Waals surface area contributed by atoms with E-state index in [1.54, 1.807) is 4.90 Å². The Balaban J connectivity index is 1.82. The van der Waals surface area contributed by atoms with Gasteiger partial charge in [-0.1, -0.05) is 15.9 Å². The lowest BCUT2D eigenvalue weighted by atomic mass is 10.0. The summed E-state index contributed by atoms with van der Waals surface area (Å²) in [7, 11) is 0. The smallest absolute Gasteiger partial charge is 0.338 e. The van der Waals surface area contributed by atoms with Crippen LogP contribution in [-0.2, 0) is 6.18 Å². The van der Waals surface area contributed by atoms with Gasteiger partial charge in [0.15, 0.2) is 0 Å². The van der Waals surface area contributed by atoms with E-state index < -0.39 is 11.7 Å². The minimum absolute atomic E-state index is 0.0472. The van der Waals surface area contributed by atoms with Gasteiger partial charge in [-0.05, 0) is 30.0 Å². The minimum atomic E-state index is -4.47. The SMILES string of the molecule is O=C(c1ccc(Br)c(C(F)(F)F)c1)N1C[C@H]2CNC[C@H]2C1. The van der Waals surface area contributed by atoms with Crippen LogP contribution in [0.5, 0.6) is 0 Å². The van der Waals surface area contributed by atoms with Crippen molar-refractivity contribution in [1.29, 1.82) is 0 Å². The van der Waals surface area contributed by atoms with E-state index in [1.807, 2.05) is 0 Å². The summed E-state index contributed by atoms with van der Waals surface area (Å²) in [5, 5.41) is 3.27. The zero-order valence-corrected chi connectivity index (χ0v) is 12.7. The number of fused-ring (bicyclic) bond motifs is 1. The maximum Gasteiger partial charge on any atom is 0.417 e. The van der Waals surface area contributed by atoms with E-state index in [9.17, 15) is 18.0 Å². The standard InChI is InChI=1S/C14H14BrF3N2O/c15-12-2-1-8(3-11(12)14(16,17)18)13(21)20-6-9-4-19-5-10(9)7-20/h1-3,9-10,19H,4-7H2/t9-,10+. The third kappa shape index (κ3) is 2.81. The number of benzene rings is 1. The minimum Gasteiger partial charge on any atom is -0.338 e. The van der Waals surface area contributed by atoms with Crippen LogP contribution >= 0.6 is 15.9 Å². The fourth-order valence-electron chi connectivity index (χ4n) is 3.08. The molecule has 2 aliphatic rings. The zero-order chi connectivity index (χ0) is 15.2. The molecule has 2 atom stereocenters. The van der Waals surface area contributed by atoms with Crippen molar-refractivity contribution in [2.75, 3.05) is 26.2 Å². The Hall–Kier alpha value is -1.08. The van der Waals surface area contributed by atoms with Crippen LogP contribution in [0.4, 0.5) is 13.2 Å². The Bertz CT molecular complexity index is 564. The molecule has 1 aromatic rings. The van der Waals surface area contributed by atoms with Crippen LogP contribution in [-0.4, -0.2) is 37.0 Å². The second-order valence-electron chi connectivity index (χ2n) is 5.58. The van der Waals surface area contributed by atoms with Crippen LogP contribution in [0.1, 0.15) is 15.9 Å². The van der Waals surface area contributed by atoms with Crippen LogP contribution in [0, 0.1) is 11.8 Å². The first-order chi connectivity index (χ1) is 9.86. The lowest BCUT2D eigenvalue weighted by Gasteiger charge is -2.18. The molecule has 7 heteroatoms. The molecule has 2 saturated heterocycles. The van der Waals surface area contributed by atoms with Crippen molar-refractivity contribution in [2.24, 2.45) is 11.8 Å². The molecule has 0 aliphatic carbocycles. The molecule has 3 rings (SSSR count). The van der Waals surface area contributed by atoms with Gasteiger partial charge in [0.05, 0.1) is 5.56 Å². The second kappa shape index (κ2) is 5.28. The quantitative estimate of drug-likeness (QED) is 0.832. The summed E-state index contributed by atoms with van der Waals surface area (Å²) in [6, 6.07) is 3.65. The molecule has 0 spiro atoms. The first-order valence-electron chi connectivity index (χ1n) is 6.73. The normalized spacial score (nSPS) is 25.2. The number of alkyl halides is 3. The van der Waals surface area contributed by atoms with E-state index in [4.69, 9.17) is 0 Å². The number of hydrogen-bond acceptors (Lipinski definition) is 2. The summed E-state index contributed by atoms with van der Waals surface area (Å²) >= 11 is 2.89. The average Bonchev–Trinajstić information content (AvgIpc) is 2.97. The van der Waals surface area contributed by atoms with Crippen molar-refractivity contribution < 1.29 is 18.0 Å². The predicted octanol–water partition coefficient (Wildman–Crippen LogP) is 2.76. The Labute approximate surface area is 128 Å². The summed E-state index contributed by atoms with van der Waals surface area (Å²) in [5.41, 5.74) is -0.715. The maximum atomic E-state index is 12.9. The van der Waals surface area contributed by atoms with E-state index >= 15 is 0 Å². The first-order valence-corrected chi connectivity index (χ1v) is 7.52. The van der Waals surface area contributed by atoms with Gasteiger partial charge < -0.3 is 10.2 Å². The molecule has 0 aromatic heterocycles. The van der Waals surface area contributed by atoms with Crippen molar-refractivity contribution >= 4 is 21.8 Å². The van der Waals surface area contributed by atoms with Gasteiger partial charge >= 0.3 is 6.18 Å². The maximum absolute atomic E-state index is 12.9. The highest BCUT2D eigenvalue weighted by molar-refractivity contribution is 9.10. The van der Waals surface area contributed by atoms with Gasteiger partial charge in [0, 0.05) is 36.2 Å². The molecule has 3 nitrogen and oxygen atoms in total. The monoisotopic (exact) mass is 362 g/mol. The van der Waals surface area contributed by atoms with Gasteiger partial charge in [-0.25, -0.2) is 0 Å². The Morgan fingerprint density at radius 3 is 2.43 bits per heavy atom.